The predicted octanol–water partition coefficient (Wildman–Crippen LogP) is 4.96. The van der Waals surface area contributed by atoms with Gasteiger partial charge in [0.2, 0.25) is 5.78 Å². The van der Waals surface area contributed by atoms with Crippen LogP contribution in [-0.2, 0) is 13.1 Å². The molecule has 0 unspecified atom stereocenters. The van der Waals surface area contributed by atoms with E-state index in [9.17, 15) is 4.79 Å². The maximum Gasteiger partial charge on any atom is 0.231 e. The first-order valence-corrected chi connectivity index (χ1v) is 10.3. The van der Waals surface area contributed by atoms with Gasteiger partial charge in [-0.05, 0) is 55.8 Å². The number of carbonyl (C=O) groups excluding carboxylic acids is 1. The number of hydrogen-bond acceptors (Lipinski definition) is 6. The normalized spacial score (nSPS) is 16.6. The fraction of sp³-hybridized carbons (Fsp3) is 0.240. The second-order valence-electron chi connectivity index (χ2n) is 7.65. The fourth-order valence-corrected chi connectivity index (χ4v) is 4.00. The minimum atomic E-state index is -0.113. The summed E-state index contributed by atoms with van der Waals surface area (Å²) in [4.78, 5) is 15.2. The van der Waals surface area contributed by atoms with Crippen LogP contribution in [0.15, 0.2) is 58.9 Å². The molecule has 0 saturated carbocycles. The van der Waals surface area contributed by atoms with Crippen LogP contribution in [-0.4, -0.2) is 24.0 Å². The summed E-state index contributed by atoms with van der Waals surface area (Å²) >= 11 is 0. The van der Waals surface area contributed by atoms with Crippen LogP contribution < -0.4 is 14.2 Å². The molecular weight excluding hydrogens is 394 g/mol. The molecule has 31 heavy (non-hydrogen) atoms. The summed E-state index contributed by atoms with van der Waals surface area (Å²) in [5.74, 6) is 3.26. The molecule has 6 nitrogen and oxygen atoms in total. The number of furan rings is 1. The lowest BCUT2D eigenvalue weighted by molar-refractivity contribution is 0.0813. The highest BCUT2D eigenvalue weighted by molar-refractivity contribution is 6.15. The number of ether oxygens (including phenoxy) is 3. The SMILES string of the molecule is CCOc1ccc(/C=C2\Oc3c(cc4c(c3C)OCN(Cc3ccco3)C4)C2=O)cc1. The van der Waals surface area contributed by atoms with Gasteiger partial charge in [-0.2, -0.15) is 0 Å². The van der Waals surface area contributed by atoms with Crippen LogP contribution in [0.5, 0.6) is 17.2 Å². The highest BCUT2D eigenvalue weighted by Gasteiger charge is 2.33. The Labute approximate surface area is 180 Å². The van der Waals surface area contributed by atoms with Crippen molar-refractivity contribution in [2.45, 2.75) is 26.9 Å². The molecule has 158 valence electrons. The number of allylic oxidation sites excluding steroid dienone is 1. The first kappa shape index (κ1) is 19.5. The number of rotatable bonds is 5. The van der Waals surface area contributed by atoms with E-state index in [4.69, 9.17) is 18.6 Å². The number of nitrogens with zero attached hydrogens (tertiary/aromatic N) is 1. The van der Waals surface area contributed by atoms with Crippen molar-refractivity contribution < 1.29 is 23.4 Å². The standard InChI is InChI=1S/C25H23NO5/c1-3-28-19-8-6-17(7-9-19)11-22-23(27)21-12-18-13-26(14-20-5-4-10-29-20)15-30-24(18)16(2)25(21)31-22/h4-12H,3,13-15H2,1-2H3/b22-11-. The van der Waals surface area contributed by atoms with Gasteiger partial charge in [0.1, 0.15) is 29.7 Å². The summed E-state index contributed by atoms with van der Waals surface area (Å²) in [6.45, 7) is 6.27. The molecule has 0 aliphatic carbocycles. The Hall–Kier alpha value is -3.51. The molecule has 2 aliphatic heterocycles. The van der Waals surface area contributed by atoms with Gasteiger partial charge >= 0.3 is 0 Å². The van der Waals surface area contributed by atoms with Crippen LogP contribution in [0, 0.1) is 6.92 Å². The van der Waals surface area contributed by atoms with Gasteiger partial charge in [-0.1, -0.05) is 12.1 Å². The Kier molecular flexibility index (Phi) is 5.00. The predicted molar refractivity (Wildman–Crippen MR) is 115 cm³/mol. The molecule has 0 saturated heterocycles. The summed E-state index contributed by atoms with van der Waals surface area (Å²) < 4.78 is 22.9. The number of ketones is 1. The third-order valence-electron chi connectivity index (χ3n) is 5.45. The summed E-state index contributed by atoms with van der Waals surface area (Å²) in [5.41, 5.74) is 3.29. The van der Waals surface area contributed by atoms with Gasteiger partial charge in [0, 0.05) is 17.7 Å². The number of fused-ring (bicyclic) bond motifs is 2. The average Bonchev–Trinajstić information content (AvgIpc) is 3.39. The third kappa shape index (κ3) is 3.70. The van der Waals surface area contributed by atoms with Crippen molar-refractivity contribution in [3.8, 4) is 17.2 Å². The van der Waals surface area contributed by atoms with Crippen LogP contribution in [0.1, 0.15) is 39.7 Å². The van der Waals surface area contributed by atoms with Crippen molar-refractivity contribution >= 4 is 11.9 Å². The van der Waals surface area contributed by atoms with Gasteiger partial charge in [0.05, 0.1) is 25.0 Å². The zero-order chi connectivity index (χ0) is 21.4. The van der Waals surface area contributed by atoms with Crippen molar-refractivity contribution in [1.29, 1.82) is 0 Å². The van der Waals surface area contributed by atoms with Crippen LogP contribution in [0.3, 0.4) is 0 Å². The quantitative estimate of drug-likeness (QED) is 0.547. The molecule has 3 heterocycles. The van der Waals surface area contributed by atoms with Crippen molar-refractivity contribution in [3.05, 3.63) is 82.5 Å². The molecule has 3 aromatic rings. The largest absolute Gasteiger partial charge is 0.494 e. The topological polar surface area (TPSA) is 61.1 Å². The van der Waals surface area contributed by atoms with Crippen molar-refractivity contribution in [3.63, 3.8) is 0 Å². The summed E-state index contributed by atoms with van der Waals surface area (Å²) in [5, 5.41) is 0. The highest BCUT2D eigenvalue weighted by Crippen LogP contribution is 2.43. The molecule has 2 aromatic carbocycles. The van der Waals surface area contributed by atoms with E-state index in [0.29, 0.717) is 43.5 Å². The number of benzene rings is 2. The average molecular weight is 417 g/mol. The van der Waals surface area contributed by atoms with Crippen LogP contribution in [0.25, 0.3) is 6.08 Å². The second-order valence-corrected chi connectivity index (χ2v) is 7.65. The lowest BCUT2D eigenvalue weighted by Crippen LogP contribution is -2.31. The molecule has 0 spiro atoms. The second kappa shape index (κ2) is 7.96. The van der Waals surface area contributed by atoms with Crippen molar-refractivity contribution in [2.75, 3.05) is 13.3 Å². The Morgan fingerprint density at radius 3 is 2.74 bits per heavy atom. The summed E-state index contributed by atoms with van der Waals surface area (Å²) in [7, 11) is 0. The minimum Gasteiger partial charge on any atom is -0.494 e. The van der Waals surface area contributed by atoms with E-state index in [1.807, 2.05) is 56.3 Å². The maximum absolute atomic E-state index is 13.1. The van der Waals surface area contributed by atoms with Gasteiger partial charge in [0.25, 0.3) is 0 Å². The monoisotopic (exact) mass is 417 g/mol. The Bertz CT molecular complexity index is 1150. The Morgan fingerprint density at radius 2 is 2.00 bits per heavy atom. The minimum absolute atomic E-state index is 0.113. The zero-order valence-electron chi connectivity index (χ0n) is 17.5. The van der Waals surface area contributed by atoms with Gasteiger partial charge in [-0.15, -0.1) is 0 Å². The summed E-state index contributed by atoms with van der Waals surface area (Å²) in [6, 6.07) is 13.3. The van der Waals surface area contributed by atoms with Crippen LogP contribution in [0.2, 0.25) is 0 Å². The van der Waals surface area contributed by atoms with E-state index in [-0.39, 0.29) is 5.78 Å². The number of hydrogen-bond donors (Lipinski definition) is 0. The number of carbonyl (C=O) groups is 1. The fourth-order valence-electron chi connectivity index (χ4n) is 4.00. The third-order valence-corrected chi connectivity index (χ3v) is 5.45. The lowest BCUT2D eigenvalue weighted by atomic mass is 10.00. The molecule has 0 radical (unpaired) electrons. The van der Waals surface area contributed by atoms with Gasteiger partial charge in [0.15, 0.2) is 5.76 Å². The van der Waals surface area contributed by atoms with E-state index in [0.717, 1.165) is 33.9 Å². The van der Waals surface area contributed by atoms with Gasteiger partial charge < -0.3 is 18.6 Å². The molecule has 1 aromatic heterocycles. The molecular formula is C25H23NO5. The molecule has 2 aliphatic rings. The molecule has 0 amide bonds. The molecule has 5 rings (SSSR count). The van der Waals surface area contributed by atoms with Crippen molar-refractivity contribution in [1.82, 2.24) is 4.90 Å². The van der Waals surface area contributed by atoms with Crippen LogP contribution >= 0.6 is 0 Å². The van der Waals surface area contributed by atoms with Crippen LogP contribution in [0.4, 0.5) is 0 Å². The van der Waals surface area contributed by atoms with E-state index in [1.54, 1.807) is 12.3 Å². The van der Waals surface area contributed by atoms with E-state index >= 15 is 0 Å². The zero-order valence-corrected chi connectivity index (χ0v) is 17.5. The molecule has 0 N–H and O–H groups in total. The first-order valence-electron chi connectivity index (χ1n) is 10.3. The van der Waals surface area contributed by atoms with E-state index in [2.05, 4.69) is 4.90 Å². The van der Waals surface area contributed by atoms with E-state index < -0.39 is 0 Å². The van der Waals surface area contributed by atoms with Gasteiger partial charge in [-0.25, -0.2) is 0 Å². The smallest absolute Gasteiger partial charge is 0.231 e. The molecule has 0 bridgehead atoms. The molecule has 0 atom stereocenters. The van der Waals surface area contributed by atoms with Crippen molar-refractivity contribution in [2.24, 2.45) is 0 Å². The Balaban J connectivity index is 1.40. The number of Topliss-reactive ketones (excluding diaryl/α,β-unsaturated/α-hetero) is 1. The van der Waals surface area contributed by atoms with Gasteiger partial charge in [-0.3, -0.25) is 9.69 Å². The lowest BCUT2D eigenvalue weighted by Gasteiger charge is -2.29. The highest BCUT2D eigenvalue weighted by atomic mass is 16.5. The first-order chi connectivity index (χ1) is 15.1. The van der Waals surface area contributed by atoms with E-state index in [1.165, 1.54) is 0 Å². The maximum atomic E-state index is 13.1. The molecule has 6 heteroatoms. The molecule has 0 fully saturated rings. The Morgan fingerprint density at radius 1 is 1.16 bits per heavy atom. The summed E-state index contributed by atoms with van der Waals surface area (Å²) in [6.07, 6.45) is 3.43.